The van der Waals surface area contributed by atoms with Crippen molar-refractivity contribution in [2.24, 2.45) is 0 Å². The number of pyridine rings is 1. The van der Waals surface area contributed by atoms with Crippen LogP contribution in [0.4, 0.5) is 10.5 Å². The van der Waals surface area contributed by atoms with Crippen molar-refractivity contribution in [3.8, 4) is 0 Å². The molecule has 27 heavy (non-hydrogen) atoms. The zero-order chi connectivity index (χ0) is 18.6. The minimum atomic E-state index is -0.181. The van der Waals surface area contributed by atoms with E-state index in [1.165, 1.54) is 0 Å². The summed E-state index contributed by atoms with van der Waals surface area (Å²) in [5.41, 5.74) is 4.03. The van der Waals surface area contributed by atoms with Crippen LogP contribution in [0.3, 0.4) is 0 Å². The highest BCUT2D eigenvalue weighted by Gasteiger charge is 2.24. The Morgan fingerprint density at radius 3 is 3.04 bits per heavy atom. The molecule has 0 radical (unpaired) electrons. The number of ether oxygens (including phenoxy) is 1. The van der Waals surface area contributed by atoms with Gasteiger partial charge in [0.1, 0.15) is 11.0 Å². The van der Waals surface area contributed by atoms with Gasteiger partial charge in [0.05, 0.1) is 35.8 Å². The summed E-state index contributed by atoms with van der Waals surface area (Å²) < 4.78 is 14.3. The lowest BCUT2D eigenvalue weighted by Crippen LogP contribution is -2.40. The van der Waals surface area contributed by atoms with E-state index in [4.69, 9.17) is 4.74 Å². The quantitative estimate of drug-likeness (QED) is 0.728. The fourth-order valence-electron chi connectivity index (χ4n) is 3.24. The number of nitrogens with zero attached hydrogens (tertiary/aromatic N) is 4. The molecule has 0 saturated carbocycles. The van der Waals surface area contributed by atoms with Crippen LogP contribution in [0, 0.1) is 6.92 Å². The maximum Gasteiger partial charge on any atom is 0.322 e. The van der Waals surface area contributed by atoms with Crippen LogP contribution in [0.1, 0.15) is 24.1 Å². The van der Waals surface area contributed by atoms with Crippen molar-refractivity contribution in [2.45, 2.75) is 32.4 Å². The molecule has 4 rings (SSSR count). The van der Waals surface area contributed by atoms with Gasteiger partial charge in [-0.15, -0.1) is 0 Å². The van der Waals surface area contributed by atoms with E-state index in [9.17, 15) is 4.79 Å². The number of fused-ring (bicyclic) bond motifs is 1. The number of anilines is 1. The number of aryl methyl sites for hydroxylation is 1. The first kappa shape index (κ1) is 17.8. The molecule has 0 spiro atoms. The molecular weight excluding hydrogens is 362 g/mol. The molecule has 1 saturated heterocycles. The Balaban J connectivity index is 1.57. The maximum absolute atomic E-state index is 13.1. The molecule has 1 aromatic carbocycles. The molecule has 1 atom stereocenters. The van der Waals surface area contributed by atoms with Crippen molar-refractivity contribution in [1.82, 2.24) is 18.6 Å². The van der Waals surface area contributed by atoms with Gasteiger partial charge in [-0.1, -0.05) is 12.1 Å². The Labute approximate surface area is 161 Å². The van der Waals surface area contributed by atoms with Crippen molar-refractivity contribution >= 4 is 34.5 Å². The number of nitrogens with one attached hydrogen (secondary N) is 1. The number of amides is 2. The van der Waals surface area contributed by atoms with Crippen molar-refractivity contribution in [2.75, 3.05) is 18.5 Å². The summed E-state index contributed by atoms with van der Waals surface area (Å²) in [6, 6.07) is 9.40. The van der Waals surface area contributed by atoms with E-state index >= 15 is 0 Å². The minimum absolute atomic E-state index is 0.0669. The van der Waals surface area contributed by atoms with Gasteiger partial charge < -0.3 is 15.0 Å². The molecule has 0 aliphatic carbocycles. The van der Waals surface area contributed by atoms with E-state index < -0.39 is 0 Å². The summed E-state index contributed by atoms with van der Waals surface area (Å²) in [7, 11) is 0. The monoisotopic (exact) mass is 383 g/mol. The molecule has 2 amide bonds. The van der Waals surface area contributed by atoms with Gasteiger partial charge >= 0.3 is 6.03 Å². The Morgan fingerprint density at radius 1 is 1.33 bits per heavy atom. The average molecular weight is 383 g/mol. The number of rotatable bonds is 5. The molecular formula is C19H21N5O2S. The van der Waals surface area contributed by atoms with Gasteiger partial charge in [-0.25, -0.2) is 4.79 Å². The Hall–Kier alpha value is -2.58. The van der Waals surface area contributed by atoms with E-state index in [0.29, 0.717) is 18.8 Å². The first-order valence-electron chi connectivity index (χ1n) is 9.00. The number of hydrogen-bond acceptors (Lipinski definition) is 6. The Kier molecular flexibility index (Phi) is 5.26. The average Bonchev–Trinajstić information content (AvgIpc) is 3.36. The Morgan fingerprint density at radius 2 is 2.26 bits per heavy atom. The number of carbonyl (C=O) groups excluding carboxylic acids is 1. The third kappa shape index (κ3) is 4.06. The zero-order valence-corrected chi connectivity index (χ0v) is 15.9. The first-order valence-corrected chi connectivity index (χ1v) is 9.73. The summed E-state index contributed by atoms with van der Waals surface area (Å²) in [4.78, 5) is 19.2. The molecule has 0 unspecified atom stereocenters. The third-order valence-electron chi connectivity index (χ3n) is 4.68. The summed E-state index contributed by atoms with van der Waals surface area (Å²) in [6.07, 6.45) is 3.81. The van der Waals surface area contributed by atoms with Crippen molar-refractivity contribution in [1.29, 1.82) is 0 Å². The zero-order valence-electron chi connectivity index (χ0n) is 15.1. The van der Waals surface area contributed by atoms with Crippen LogP contribution in [0.25, 0.3) is 11.0 Å². The molecule has 1 N–H and O–H groups in total. The van der Waals surface area contributed by atoms with Crippen LogP contribution in [0.5, 0.6) is 0 Å². The highest BCUT2D eigenvalue weighted by Crippen LogP contribution is 2.26. The molecule has 0 bridgehead atoms. The maximum atomic E-state index is 13.1. The SMILES string of the molecule is Cc1ccc2nsnc2c1NC(=O)N(Cc1ccccn1)C[C@H]1CCCO1. The van der Waals surface area contributed by atoms with Crippen LogP contribution in [-0.2, 0) is 11.3 Å². The van der Waals surface area contributed by atoms with E-state index in [-0.39, 0.29) is 12.1 Å². The van der Waals surface area contributed by atoms with E-state index in [1.807, 2.05) is 37.3 Å². The van der Waals surface area contributed by atoms with E-state index in [0.717, 1.165) is 53.5 Å². The van der Waals surface area contributed by atoms with Crippen LogP contribution in [-0.4, -0.2) is 43.9 Å². The predicted octanol–water partition coefficient (Wildman–Crippen LogP) is 3.61. The topological polar surface area (TPSA) is 80.2 Å². The lowest BCUT2D eigenvalue weighted by molar-refractivity contribution is 0.0816. The summed E-state index contributed by atoms with van der Waals surface area (Å²) >= 11 is 1.15. The van der Waals surface area contributed by atoms with Gasteiger partial charge in [-0.2, -0.15) is 8.75 Å². The summed E-state index contributed by atoms with van der Waals surface area (Å²) in [5, 5.41) is 3.04. The minimum Gasteiger partial charge on any atom is -0.376 e. The van der Waals surface area contributed by atoms with Crippen LogP contribution >= 0.6 is 11.7 Å². The predicted molar refractivity (Wildman–Crippen MR) is 105 cm³/mol. The molecule has 1 aliphatic heterocycles. The lowest BCUT2D eigenvalue weighted by atomic mass is 10.1. The van der Waals surface area contributed by atoms with Crippen molar-refractivity contribution < 1.29 is 9.53 Å². The number of urea groups is 1. The van der Waals surface area contributed by atoms with Gasteiger partial charge in [0.25, 0.3) is 0 Å². The molecule has 140 valence electrons. The molecule has 1 fully saturated rings. The molecule has 2 aromatic heterocycles. The second-order valence-corrected chi connectivity index (χ2v) is 7.18. The second kappa shape index (κ2) is 7.98. The Bertz CT molecular complexity index is 924. The van der Waals surface area contributed by atoms with Gasteiger partial charge in [0, 0.05) is 19.3 Å². The fourth-order valence-corrected chi connectivity index (χ4v) is 3.78. The summed E-state index contributed by atoms with van der Waals surface area (Å²) in [6.45, 7) is 3.67. The normalized spacial score (nSPS) is 16.6. The van der Waals surface area contributed by atoms with Crippen LogP contribution < -0.4 is 5.32 Å². The first-order chi connectivity index (χ1) is 13.2. The smallest absolute Gasteiger partial charge is 0.322 e. The largest absolute Gasteiger partial charge is 0.376 e. The number of benzene rings is 1. The third-order valence-corrected chi connectivity index (χ3v) is 5.22. The molecule has 1 aliphatic rings. The highest BCUT2D eigenvalue weighted by atomic mass is 32.1. The van der Waals surface area contributed by atoms with Gasteiger partial charge in [0.2, 0.25) is 0 Å². The number of aromatic nitrogens is 3. The van der Waals surface area contributed by atoms with Crippen LogP contribution in [0.2, 0.25) is 0 Å². The van der Waals surface area contributed by atoms with Gasteiger partial charge in [0.15, 0.2) is 0 Å². The molecule has 8 heteroatoms. The van der Waals surface area contributed by atoms with Gasteiger partial charge in [-0.05, 0) is 43.5 Å². The standard InChI is InChI=1S/C19H21N5O2S/c1-13-7-8-16-18(23-27-22-16)17(13)21-19(25)24(12-15-6-4-10-26-15)11-14-5-2-3-9-20-14/h2-3,5,7-9,15H,4,6,10-12H2,1H3,(H,21,25)/t15-/m1/s1. The fraction of sp³-hybridized carbons (Fsp3) is 0.368. The van der Waals surface area contributed by atoms with Crippen LogP contribution in [0.15, 0.2) is 36.5 Å². The highest BCUT2D eigenvalue weighted by molar-refractivity contribution is 7.00. The van der Waals surface area contributed by atoms with Crippen molar-refractivity contribution in [3.05, 3.63) is 47.8 Å². The van der Waals surface area contributed by atoms with Gasteiger partial charge in [-0.3, -0.25) is 4.98 Å². The lowest BCUT2D eigenvalue weighted by Gasteiger charge is -2.26. The molecule has 3 heterocycles. The molecule has 3 aromatic rings. The van der Waals surface area contributed by atoms with E-state index in [1.54, 1.807) is 11.1 Å². The number of hydrogen-bond donors (Lipinski definition) is 1. The van der Waals surface area contributed by atoms with E-state index in [2.05, 4.69) is 19.0 Å². The second-order valence-electron chi connectivity index (χ2n) is 6.66. The van der Waals surface area contributed by atoms with Crippen molar-refractivity contribution in [3.63, 3.8) is 0 Å². The summed E-state index contributed by atoms with van der Waals surface area (Å²) in [5.74, 6) is 0. The molecule has 7 nitrogen and oxygen atoms in total. The number of carbonyl (C=O) groups is 1.